The Labute approximate surface area is 133 Å². The molecule has 0 bridgehead atoms. The average molecular weight is 334 g/mol. The maximum atomic E-state index is 12.7. The van der Waals surface area contributed by atoms with Gasteiger partial charge in [-0.25, -0.2) is 8.42 Å². The summed E-state index contributed by atoms with van der Waals surface area (Å²) in [7, 11) is -3.51. The Balaban J connectivity index is 3.24. The predicted octanol–water partition coefficient (Wildman–Crippen LogP) is 3.63. The van der Waals surface area contributed by atoms with Crippen LogP contribution < -0.4 is 4.74 Å². The molecule has 0 radical (unpaired) electrons. The van der Waals surface area contributed by atoms with Crippen LogP contribution in [-0.2, 0) is 15.9 Å². The van der Waals surface area contributed by atoms with Crippen molar-refractivity contribution in [1.82, 2.24) is 4.31 Å². The number of rotatable bonds is 8. The number of sulfonamides is 1. The van der Waals surface area contributed by atoms with E-state index in [9.17, 15) is 8.42 Å². The van der Waals surface area contributed by atoms with E-state index in [0.29, 0.717) is 24.5 Å². The quantitative estimate of drug-likeness (QED) is 0.682. The van der Waals surface area contributed by atoms with Crippen molar-refractivity contribution in [3.8, 4) is 5.75 Å². The molecule has 1 aromatic rings. The first-order valence-corrected chi connectivity index (χ1v) is 9.19. The van der Waals surface area contributed by atoms with Crippen LogP contribution in [0.3, 0.4) is 0 Å². The second-order valence-corrected chi connectivity index (χ2v) is 7.20. The van der Waals surface area contributed by atoms with Crippen molar-refractivity contribution in [2.45, 2.75) is 50.9 Å². The zero-order chi connectivity index (χ0) is 16.0. The summed E-state index contributed by atoms with van der Waals surface area (Å²) in [5.74, 6) is 0.853. The van der Waals surface area contributed by atoms with Gasteiger partial charge in [-0.05, 0) is 45.4 Å². The fourth-order valence-electron chi connectivity index (χ4n) is 2.13. The van der Waals surface area contributed by atoms with Crippen molar-refractivity contribution in [1.29, 1.82) is 0 Å². The summed E-state index contributed by atoms with van der Waals surface area (Å²) in [5, 5.41) is 0. The van der Waals surface area contributed by atoms with Gasteiger partial charge in [-0.15, -0.1) is 11.6 Å². The summed E-state index contributed by atoms with van der Waals surface area (Å²) in [6.45, 7) is 8.62. The number of benzene rings is 1. The molecule has 0 amide bonds. The smallest absolute Gasteiger partial charge is 0.243 e. The van der Waals surface area contributed by atoms with Crippen LogP contribution in [0.1, 0.15) is 39.7 Å². The van der Waals surface area contributed by atoms with Gasteiger partial charge in [0.15, 0.2) is 0 Å². The zero-order valence-electron chi connectivity index (χ0n) is 13.1. The highest BCUT2D eigenvalue weighted by atomic mass is 35.5. The number of hydrogen-bond acceptors (Lipinski definition) is 3. The summed E-state index contributed by atoms with van der Waals surface area (Å²) >= 11 is 5.90. The summed E-state index contributed by atoms with van der Waals surface area (Å²) in [6, 6.07) is 4.79. The molecule has 0 saturated heterocycles. The van der Waals surface area contributed by atoms with Crippen molar-refractivity contribution in [2.24, 2.45) is 0 Å². The van der Waals surface area contributed by atoms with E-state index in [1.165, 1.54) is 4.31 Å². The molecular weight excluding hydrogens is 310 g/mol. The largest absolute Gasteiger partial charge is 0.494 e. The summed E-state index contributed by atoms with van der Waals surface area (Å²) in [6.07, 6.45) is 0.775. The number of nitrogens with zero attached hydrogens (tertiary/aromatic N) is 1. The molecule has 0 aliphatic heterocycles. The van der Waals surface area contributed by atoms with Crippen LogP contribution in [-0.4, -0.2) is 31.9 Å². The molecule has 0 saturated carbocycles. The monoisotopic (exact) mass is 333 g/mol. The lowest BCUT2D eigenvalue weighted by molar-refractivity contribution is 0.337. The summed E-state index contributed by atoms with van der Waals surface area (Å²) in [5.41, 5.74) is 0.694. The first kappa shape index (κ1) is 18.3. The molecule has 0 spiro atoms. The van der Waals surface area contributed by atoms with E-state index in [-0.39, 0.29) is 16.8 Å². The van der Waals surface area contributed by atoms with Crippen molar-refractivity contribution in [2.75, 3.05) is 13.2 Å². The predicted molar refractivity (Wildman–Crippen MR) is 86.5 cm³/mol. The minimum Gasteiger partial charge on any atom is -0.494 e. The minimum absolute atomic E-state index is 0.0824. The number of alkyl halides is 1. The maximum Gasteiger partial charge on any atom is 0.243 e. The van der Waals surface area contributed by atoms with Crippen LogP contribution >= 0.6 is 11.6 Å². The lowest BCUT2D eigenvalue weighted by Crippen LogP contribution is -2.37. The molecule has 4 nitrogen and oxygen atoms in total. The molecule has 0 N–H and O–H groups in total. The Hall–Kier alpha value is -0.780. The molecule has 0 unspecified atom stereocenters. The molecule has 6 heteroatoms. The zero-order valence-corrected chi connectivity index (χ0v) is 14.7. The van der Waals surface area contributed by atoms with E-state index in [1.54, 1.807) is 18.2 Å². The van der Waals surface area contributed by atoms with Crippen LogP contribution in [0.5, 0.6) is 5.75 Å². The lowest BCUT2D eigenvalue weighted by Gasteiger charge is -2.25. The number of hydrogen-bond donors (Lipinski definition) is 0. The van der Waals surface area contributed by atoms with E-state index in [2.05, 4.69) is 0 Å². The van der Waals surface area contributed by atoms with Crippen LogP contribution in [0.25, 0.3) is 0 Å². The van der Waals surface area contributed by atoms with Gasteiger partial charge in [0.05, 0.1) is 17.4 Å². The van der Waals surface area contributed by atoms with Gasteiger partial charge in [0.25, 0.3) is 0 Å². The maximum absolute atomic E-state index is 12.7. The molecule has 0 aliphatic carbocycles. The van der Waals surface area contributed by atoms with Crippen LogP contribution in [0.2, 0.25) is 0 Å². The molecule has 1 rings (SSSR count). The molecule has 0 fully saturated rings. The fraction of sp³-hybridized carbons (Fsp3) is 0.600. The highest BCUT2D eigenvalue weighted by Gasteiger charge is 2.26. The van der Waals surface area contributed by atoms with Gasteiger partial charge in [0.1, 0.15) is 5.75 Å². The van der Waals surface area contributed by atoms with E-state index in [1.807, 2.05) is 27.7 Å². The van der Waals surface area contributed by atoms with Gasteiger partial charge in [-0.3, -0.25) is 0 Å². The first-order valence-electron chi connectivity index (χ1n) is 7.22. The van der Waals surface area contributed by atoms with Crippen LogP contribution in [0.15, 0.2) is 23.1 Å². The summed E-state index contributed by atoms with van der Waals surface area (Å²) in [4.78, 5) is 0.267. The standard InChI is InChI=1S/C15H24ClNO3S/c1-5-9-17(12(3)4)21(18,19)14-7-8-15(20-6-2)13(10-14)11-16/h7-8,10,12H,5-6,9,11H2,1-4H3. The Morgan fingerprint density at radius 3 is 2.43 bits per heavy atom. The van der Waals surface area contributed by atoms with Crippen LogP contribution in [0, 0.1) is 0 Å². The van der Waals surface area contributed by atoms with Crippen molar-refractivity contribution < 1.29 is 13.2 Å². The van der Waals surface area contributed by atoms with Crippen molar-refractivity contribution in [3.05, 3.63) is 23.8 Å². The average Bonchev–Trinajstić information content (AvgIpc) is 2.44. The third-order valence-electron chi connectivity index (χ3n) is 3.10. The molecule has 120 valence electrons. The number of ether oxygens (including phenoxy) is 1. The van der Waals surface area contributed by atoms with E-state index < -0.39 is 10.0 Å². The van der Waals surface area contributed by atoms with Gasteiger partial charge in [-0.2, -0.15) is 4.31 Å². The van der Waals surface area contributed by atoms with Gasteiger partial charge in [-0.1, -0.05) is 6.92 Å². The molecular formula is C15H24ClNO3S. The normalized spacial score (nSPS) is 12.1. The van der Waals surface area contributed by atoms with Gasteiger partial charge >= 0.3 is 0 Å². The molecule has 21 heavy (non-hydrogen) atoms. The van der Waals surface area contributed by atoms with Crippen molar-refractivity contribution >= 4 is 21.6 Å². The number of halogens is 1. The Bertz CT molecular complexity index is 558. The molecule has 0 atom stereocenters. The topological polar surface area (TPSA) is 46.6 Å². The molecule has 0 aliphatic rings. The highest BCUT2D eigenvalue weighted by molar-refractivity contribution is 7.89. The Kier molecular flexibility index (Phi) is 6.97. The molecule has 1 aromatic carbocycles. The van der Waals surface area contributed by atoms with E-state index >= 15 is 0 Å². The van der Waals surface area contributed by atoms with E-state index in [0.717, 1.165) is 6.42 Å². The van der Waals surface area contributed by atoms with E-state index in [4.69, 9.17) is 16.3 Å². The van der Waals surface area contributed by atoms with Crippen molar-refractivity contribution in [3.63, 3.8) is 0 Å². The second kappa shape index (κ2) is 8.01. The van der Waals surface area contributed by atoms with Gasteiger partial charge in [0.2, 0.25) is 10.0 Å². The van der Waals surface area contributed by atoms with Gasteiger partial charge < -0.3 is 4.74 Å². The third-order valence-corrected chi connectivity index (χ3v) is 5.46. The SMILES string of the molecule is CCCN(C(C)C)S(=O)(=O)c1ccc(OCC)c(CCl)c1. The van der Waals surface area contributed by atoms with Gasteiger partial charge in [0, 0.05) is 18.2 Å². The molecule has 0 heterocycles. The second-order valence-electron chi connectivity index (χ2n) is 5.05. The Morgan fingerprint density at radius 1 is 1.29 bits per heavy atom. The Morgan fingerprint density at radius 2 is 1.95 bits per heavy atom. The molecule has 0 aromatic heterocycles. The van der Waals surface area contributed by atoms with Crippen LogP contribution in [0.4, 0.5) is 0 Å². The first-order chi connectivity index (χ1) is 9.88. The lowest BCUT2D eigenvalue weighted by atomic mass is 10.2. The third kappa shape index (κ3) is 4.34. The minimum atomic E-state index is -3.51. The fourth-order valence-corrected chi connectivity index (χ4v) is 4.12. The highest BCUT2D eigenvalue weighted by Crippen LogP contribution is 2.27. The summed E-state index contributed by atoms with van der Waals surface area (Å²) < 4.78 is 32.5.